The van der Waals surface area contributed by atoms with Crippen LogP contribution in [0, 0.1) is 0 Å². The number of nitrogens with zero attached hydrogens (tertiary/aromatic N) is 5. The van der Waals surface area contributed by atoms with Gasteiger partial charge < -0.3 is 0 Å². The summed E-state index contributed by atoms with van der Waals surface area (Å²) in [5.41, 5.74) is 3.43. The third-order valence-electron chi connectivity index (χ3n) is 2.60. The van der Waals surface area contributed by atoms with E-state index in [1.807, 2.05) is 12.1 Å². The Bertz CT molecular complexity index is 1240. The Hall–Kier alpha value is -0.295. The van der Waals surface area contributed by atoms with E-state index >= 15 is 0 Å². The van der Waals surface area contributed by atoms with E-state index in [1.54, 1.807) is 12.1 Å². The van der Waals surface area contributed by atoms with E-state index in [1.165, 1.54) is 23.5 Å². The first-order valence-electron chi connectivity index (χ1n) is 6.85. The van der Waals surface area contributed by atoms with Gasteiger partial charge in [0.1, 0.15) is 22.1 Å². The summed E-state index contributed by atoms with van der Waals surface area (Å²) in [4.78, 5) is 0. The first-order chi connectivity index (χ1) is 14.0. The van der Waals surface area contributed by atoms with Gasteiger partial charge in [0, 0.05) is 9.50 Å². The molecule has 4 aromatic rings. The van der Waals surface area contributed by atoms with E-state index in [0.717, 1.165) is 31.0 Å². The molecule has 0 aliphatic carbocycles. The summed E-state index contributed by atoms with van der Waals surface area (Å²) < 4.78 is 52.2. The summed E-state index contributed by atoms with van der Waals surface area (Å²) in [5.74, 6) is 0. The van der Waals surface area contributed by atoms with E-state index < -0.39 is 10.4 Å². The monoisotopic (exact) mass is 652 g/mol. The molecule has 0 fully saturated rings. The number of aromatic nitrogens is 4. The topological polar surface area (TPSA) is 139 Å². The molecule has 0 bridgehead atoms. The van der Waals surface area contributed by atoms with Gasteiger partial charge in [-0.1, -0.05) is 23.2 Å². The van der Waals surface area contributed by atoms with E-state index in [4.69, 9.17) is 40.7 Å². The molecule has 1 radical (unpaired) electrons. The number of hydrogen-bond donors (Lipinski definition) is 3. The van der Waals surface area contributed by atoms with Gasteiger partial charge in [-0.2, -0.15) is 25.9 Å². The molecule has 18 heteroatoms. The zero-order valence-electron chi connectivity index (χ0n) is 14.0. The molecule has 0 unspecified atom stereocenters. The molecular formula is C12H7BBr2Cl2N5O4S4. The SMILES string of the molecule is Clc1cc(Br)c2nsnc2c1Br.Clc1ccc2nsnc2c1.O=S(=O)(O)O.[B]=NS. The molecule has 2 aromatic heterocycles. The van der Waals surface area contributed by atoms with Crippen molar-refractivity contribution >= 4 is 131 Å². The van der Waals surface area contributed by atoms with E-state index in [-0.39, 0.29) is 0 Å². The maximum atomic E-state index is 8.74. The van der Waals surface area contributed by atoms with Crippen molar-refractivity contribution in [2.24, 2.45) is 4.30 Å². The van der Waals surface area contributed by atoms with Crippen molar-refractivity contribution in [1.82, 2.24) is 17.5 Å². The Kier molecular flexibility index (Phi) is 12.3. The molecular weight excluding hydrogens is 648 g/mol. The van der Waals surface area contributed by atoms with Crippen LogP contribution in [0.3, 0.4) is 0 Å². The number of benzene rings is 2. The van der Waals surface area contributed by atoms with Gasteiger partial charge in [0.05, 0.1) is 33.0 Å². The van der Waals surface area contributed by atoms with Gasteiger partial charge in [-0.15, -0.1) is 0 Å². The zero-order valence-corrected chi connectivity index (χ0v) is 22.0. The van der Waals surface area contributed by atoms with Crippen molar-refractivity contribution < 1.29 is 17.5 Å². The van der Waals surface area contributed by atoms with Crippen LogP contribution in [0.2, 0.25) is 10.0 Å². The molecule has 0 atom stereocenters. The molecule has 30 heavy (non-hydrogen) atoms. The third-order valence-corrected chi connectivity index (χ3v) is 5.86. The van der Waals surface area contributed by atoms with E-state index in [2.05, 4.69) is 74.1 Å². The van der Waals surface area contributed by atoms with Gasteiger partial charge in [0.25, 0.3) is 0 Å². The van der Waals surface area contributed by atoms with Crippen LogP contribution in [0.15, 0.2) is 37.5 Å². The number of fused-ring (bicyclic) bond motifs is 2. The molecule has 2 N–H and O–H groups in total. The van der Waals surface area contributed by atoms with Gasteiger partial charge in [-0.3, -0.25) is 9.11 Å². The average Bonchev–Trinajstić information content (AvgIpc) is 3.29. The first kappa shape index (κ1) is 27.7. The molecule has 2 aromatic carbocycles. The van der Waals surface area contributed by atoms with Crippen molar-refractivity contribution in [3.05, 3.63) is 43.3 Å². The van der Waals surface area contributed by atoms with Gasteiger partial charge in [0.15, 0.2) is 0 Å². The predicted molar refractivity (Wildman–Crippen MR) is 132 cm³/mol. The maximum absolute atomic E-state index is 8.74. The molecule has 0 aliphatic rings. The molecule has 0 aliphatic heterocycles. The summed E-state index contributed by atoms with van der Waals surface area (Å²) in [6.07, 6.45) is 0. The van der Waals surface area contributed by atoms with Crippen molar-refractivity contribution in [2.75, 3.05) is 0 Å². The van der Waals surface area contributed by atoms with Crippen LogP contribution < -0.4 is 0 Å². The second kappa shape index (κ2) is 13.3. The molecule has 9 nitrogen and oxygen atoms in total. The van der Waals surface area contributed by atoms with Crippen LogP contribution in [0.25, 0.3) is 22.1 Å². The fourth-order valence-electron chi connectivity index (χ4n) is 1.60. The predicted octanol–water partition coefficient (Wildman–Crippen LogP) is 5.74. The van der Waals surface area contributed by atoms with Crippen LogP contribution in [0.4, 0.5) is 0 Å². The summed E-state index contributed by atoms with van der Waals surface area (Å²) in [7, 11) is -0.330. The van der Waals surface area contributed by atoms with Crippen molar-refractivity contribution in [3.63, 3.8) is 0 Å². The number of halogens is 4. The summed E-state index contributed by atoms with van der Waals surface area (Å²) in [6, 6.07) is 7.28. The Morgan fingerprint density at radius 3 is 2.10 bits per heavy atom. The van der Waals surface area contributed by atoms with Crippen LogP contribution in [-0.2, 0) is 10.4 Å². The summed E-state index contributed by atoms with van der Waals surface area (Å²) in [6.45, 7) is 0. The van der Waals surface area contributed by atoms with Crippen LogP contribution in [0.5, 0.6) is 0 Å². The molecule has 4 rings (SSSR count). The van der Waals surface area contributed by atoms with Gasteiger partial charge in [0.2, 0.25) is 0 Å². The molecule has 159 valence electrons. The standard InChI is InChI=1S/C6HBr2ClN2S.C6H3ClN2S.BHNS.H2O4S/c7-2-1-3(9)4(8)6-5(2)10-12-11-6;7-4-1-2-5-6(3-4)9-10-8-5;1-2-3;1-5(2,3)4/h1H;1-3H;3H;(H2,1,2,3,4). The van der Waals surface area contributed by atoms with Crippen molar-refractivity contribution in [2.45, 2.75) is 0 Å². The molecule has 2 heterocycles. The Morgan fingerprint density at radius 1 is 1.00 bits per heavy atom. The first-order valence-corrected chi connectivity index (χ1v) is 12.5. The second-order valence-corrected chi connectivity index (χ2v) is 9.25. The average molecular weight is 655 g/mol. The minimum atomic E-state index is -4.67. The Balaban J connectivity index is 0.000000226. The van der Waals surface area contributed by atoms with Crippen LogP contribution >= 0.6 is 91.3 Å². The summed E-state index contributed by atoms with van der Waals surface area (Å²) in [5, 5.41) is 1.35. The second-order valence-electron chi connectivity index (χ2n) is 4.58. The van der Waals surface area contributed by atoms with Crippen LogP contribution in [0.1, 0.15) is 0 Å². The Morgan fingerprint density at radius 2 is 1.50 bits per heavy atom. The fraction of sp³-hybridized carbons (Fsp3) is 0. The quantitative estimate of drug-likeness (QED) is 0.0944. The van der Waals surface area contributed by atoms with Crippen molar-refractivity contribution in [1.29, 1.82) is 0 Å². The molecule has 0 saturated carbocycles. The van der Waals surface area contributed by atoms with E-state index in [9.17, 15) is 0 Å². The third kappa shape index (κ3) is 9.89. The molecule has 0 amide bonds. The van der Waals surface area contributed by atoms with Gasteiger partial charge in [-0.05, 0) is 56.1 Å². The van der Waals surface area contributed by atoms with Crippen molar-refractivity contribution in [3.8, 4) is 0 Å². The minimum absolute atomic E-state index is 0.641. The number of thiol groups is 1. The summed E-state index contributed by atoms with van der Waals surface area (Å²) >= 11 is 23.9. The van der Waals surface area contributed by atoms with Gasteiger partial charge >= 0.3 is 35.2 Å². The van der Waals surface area contributed by atoms with Crippen LogP contribution in [-0.4, -0.2) is 42.7 Å². The van der Waals surface area contributed by atoms with E-state index in [0.29, 0.717) is 10.0 Å². The normalized spacial score (nSPS) is 10.2. The zero-order chi connectivity index (χ0) is 22.9. The molecule has 0 spiro atoms. The van der Waals surface area contributed by atoms with Gasteiger partial charge in [-0.25, -0.2) is 0 Å². The fourth-order valence-corrected chi connectivity index (χ4v) is 4.31. The Labute approximate surface area is 212 Å². The number of rotatable bonds is 0. The number of hydrogen-bond acceptors (Lipinski definition) is 10. The molecule has 0 saturated heterocycles.